The predicted octanol–water partition coefficient (Wildman–Crippen LogP) is 5.11. The summed E-state index contributed by atoms with van der Waals surface area (Å²) < 4.78 is 41.2. The third-order valence-corrected chi connectivity index (χ3v) is 5.54. The maximum Gasteiger partial charge on any atom is 0.319 e. The fourth-order valence-corrected chi connectivity index (χ4v) is 3.87. The Morgan fingerprint density at radius 2 is 1.86 bits per heavy atom. The first-order chi connectivity index (χ1) is 13.9. The van der Waals surface area contributed by atoms with Gasteiger partial charge < -0.3 is 10.6 Å². The molecule has 0 saturated carbocycles. The van der Waals surface area contributed by atoms with E-state index in [2.05, 4.69) is 15.6 Å². The first kappa shape index (κ1) is 19.0. The van der Waals surface area contributed by atoms with Crippen LogP contribution in [-0.4, -0.2) is 15.4 Å². The van der Waals surface area contributed by atoms with Crippen LogP contribution in [0.4, 0.5) is 23.7 Å². The van der Waals surface area contributed by atoms with Crippen molar-refractivity contribution in [3.8, 4) is 11.3 Å². The van der Waals surface area contributed by atoms with Crippen LogP contribution in [0.1, 0.15) is 10.6 Å². The molecule has 0 aliphatic heterocycles. The lowest BCUT2D eigenvalue weighted by atomic mass is 10.2. The number of nitrogens with zero attached hydrogens (tertiary/aromatic N) is 2. The van der Waals surface area contributed by atoms with Crippen LogP contribution in [0.2, 0.25) is 0 Å². The molecule has 2 N–H and O–H groups in total. The number of anilines is 1. The molecule has 2 amide bonds. The van der Waals surface area contributed by atoms with Crippen molar-refractivity contribution < 1.29 is 18.0 Å². The first-order valence-corrected chi connectivity index (χ1v) is 9.45. The number of carbonyl (C=O) groups is 1. The monoisotopic (exact) mass is 416 g/mol. The summed E-state index contributed by atoms with van der Waals surface area (Å²) >= 11 is 1.42. The van der Waals surface area contributed by atoms with Gasteiger partial charge in [0, 0.05) is 34.1 Å². The Morgan fingerprint density at radius 1 is 1.10 bits per heavy atom. The average Bonchev–Trinajstić information content (AvgIpc) is 3.23. The molecule has 4 rings (SSSR count). The zero-order valence-electron chi connectivity index (χ0n) is 15.2. The molecule has 0 aliphatic rings. The van der Waals surface area contributed by atoms with Gasteiger partial charge in [0.05, 0.1) is 12.2 Å². The fraction of sp³-hybridized carbons (Fsp3) is 0.100. The topological polar surface area (TPSA) is 58.4 Å². The molecule has 5 nitrogen and oxygen atoms in total. The van der Waals surface area contributed by atoms with Crippen LogP contribution in [0.3, 0.4) is 0 Å². The van der Waals surface area contributed by atoms with Gasteiger partial charge in [-0.25, -0.2) is 22.9 Å². The minimum atomic E-state index is -1.03. The van der Waals surface area contributed by atoms with Gasteiger partial charge in [0.2, 0.25) is 0 Å². The number of fused-ring (bicyclic) bond motifs is 1. The van der Waals surface area contributed by atoms with Crippen LogP contribution in [0, 0.1) is 24.4 Å². The minimum Gasteiger partial charge on any atom is -0.333 e. The summed E-state index contributed by atoms with van der Waals surface area (Å²) in [4.78, 5) is 18.2. The molecule has 0 fully saturated rings. The highest BCUT2D eigenvalue weighted by atomic mass is 32.1. The number of hydrogen-bond acceptors (Lipinski definition) is 3. The number of aromatic nitrogens is 2. The number of imidazole rings is 1. The van der Waals surface area contributed by atoms with Crippen LogP contribution in [0.25, 0.3) is 16.2 Å². The van der Waals surface area contributed by atoms with Crippen molar-refractivity contribution in [2.75, 3.05) is 5.32 Å². The van der Waals surface area contributed by atoms with E-state index in [4.69, 9.17) is 0 Å². The van der Waals surface area contributed by atoms with Crippen molar-refractivity contribution in [3.05, 3.63) is 76.7 Å². The largest absolute Gasteiger partial charge is 0.333 e. The number of halogens is 3. The maximum atomic E-state index is 13.2. The Labute approximate surface area is 167 Å². The summed E-state index contributed by atoms with van der Waals surface area (Å²) in [6.45, 7) is 2.16. The predicted molar refractivity (Wildman–Crippen MR) is 105 cm³/mol. The molecule has 2 aromatic heterocycles. The van der Waals surface area contributed by atoms with E-state index in [1.165, 1.54) is 29.5 Å². The Morgan fingerprint density at radius 3 is 2.55 bits per heavy atom. The van der Waals surface area contributed by atoms with Gasteiger partial charge in [-0.3, -0.25) is 4.40 Å². The lowest BCUT2D eigenvalue weighted by Gasteiger charge is -2.07. The van der Waals surface area contributed by atoms with Crippen molar-refractivity contribution in [2.24, 2.45) is 0 Å². The van der Waals surface area contributed by atoms with E-state index in [0.29, 0.717) is 0 Å². The van der Waals surface area contributed by atoms with E-state index < -0.39 is 17.7 Å². The van der Waals surface area contributed by atoms with Crippen LogP contribution in [0.15, 0.2) is 48.7 Å². The van der Waals surface area contributed by atoms with Gasteiger partial charge in [-0.15, -0.1) is 0 Å². The number of nitrogens with one attached hydrogen (secondary N) is 2. The highest BCUT2D eigenvalue weighted by molar-refractivity contribution is 7.17. The normalized spacial score (nSPS) is 11.0. The SMILES string of the molecule is Cc1c(CNC(=O)Nc2ccc(F)c(F)c2)sc2nc(-c3ccc(F)cc3)cn12. The second-order valence-electron chi connectivity index (χ2n) is 6.33. The molecule has 0 unspecified atom stereocenters. The molecule has 2 heterocycles. The zero-order chi connectivity index (χ0) is 20.5. The third-order valence-electron chi connectivity index (χ3n) is 4.38. The molecule has 0 spiro atoms. The second-order valence-corrected chi connectivity index (χ2v) is 7.39. The smallest absolute Gasteiger partial charge is 0.319 e. The number of aryl methyl sites for hydroxylation is 1. The maximum absolute atomic E-state index is 13.2. The number of hydrogen-bond donors (Lipinski definition) is 2. The van der Waals surface area contributed by atoms with Crippen molar-refractivity contribution >= 4 is 28.0 Å². The Hall–Kier alpha value is -3.33. The lowest BCUT2D eigenvalue weighted by Crippen LogP contribution is -2.28. The number of rotatable bonds is 4. The molecule has 29 heavy (non-hydrogen) atoms. The highest BCUT2D eigenvalue weighted by Crippen LogP contribution is 2.27. The van der Waals surface area contributed by atoms with Crippen LogP contribution < -0.4 is 10.6 Å². The van der Waals surface area contributed by atoms with Gasteiger partial charge in [0.15, 0.2) is 16.6 Å². The van der Waals surface area contributed by atoms with E-state index in [9.17, 15) is 18.0 Å². The first-order valence-electron chi connectivity index (χ1n) is 8.64. The van der Waals surface area contributed by atoms with Crippen LogP contribution in [0.5, 0.6) is 0 Å². The van der Waals surface area contributed by atoms with Gasteiger partial charge in [0.1, 0.15) is 5.82 Å². The number of benzene rings is 2. The molecule has 0 atom stereocenters. The van der Waals surface area contributed by atoms with Crippen molar-refractivity contribution in [1.29, 1.82) is 0 Å². The van der Waals surface area contributed by atoms with E-state index >= 15 is 0 Å². The van der Waals surface area contributed by atoms with Gasteiger partial charge in [-0.05, 0) is 43.3 Å². The molecular weight excluding hydrogens is 401 g/mol. The molecule has 0 saturated heterocycles. The average molecular weight is 416 g/mol. The molecule has 0 aliphatic carbocycles. The summed E-state index contributed by atoms with van der Waals surface area (Å²) in [7, 11) is 0. The van der Waals surface area contributed by atoms with Crippen LogP contribution in [-0.2, 0) is 6.54 Å². The van der Waals surface area contributed by atoms with Gasteiger partial charge >= 0.3 is 6.03 Å². The molecule has 148 valence electrons. The Kier molecular flexibility index (Phi) is 4.98. The molecule has 0 radical (unpaired) electrons. The van der Waals surface area contributed by atoms with Crippen molar-refractivity contribution in [1.82, 2.24) is 14.7 Å². The summed E-state index contributed by atoms with van der Waals surface area (Å²) in [5.41, 5.74) is 2.62. The molecule has 0 bridgehead atoms. The van der Waals surface area contributed by atoms with Gasteiger partial charge in [-0.1, -0.05) is 11.3 Å². The Balaban J connectivity index is 1.45. The number of urea groups is 1. The van der Waals surface area contributed by atoms with E-state index in [1.54, 1.807) is 12.1 Å². The summed E-state index contributed by atoms with van der Waals surface area (Å²) in [6, 6.07) is 8.71. The van der Waals surface area contributed by atoms with Gasteiger partial charge in [0.25, 0.3) is 0 Å². The van der Waals surface area contributed by atoms with Gasteiger partial charge in [-0.2, -0.15) is 0 Å². The van der Waals surface area contributed by atoms with E-state index in [-0.39, 0.29) is 18.0 Å². The molecule has 4 aromatic rings. The fourth-order valence-electron chi connectivity index (χ4n) is 2.83. The van der Waals surface area contributed by atoms with Crippen molar-refractivity contribution in [2.45, 2.75) is 13.5 Å². The number of carbonyl (C=O) groups excluding carboxylic acids is 1. The number of thiazole rings is 1. The lowest BCUT2D eigenvalue weighted by molar-refractivity contribution is 0.252. The van der Waals surface area contributed by atoms with Crippen LogP contribution >= 0.6 is 11.3 Å². The second kappa shape index (κ2) is 7.59. The number of amides is 2. The van der Waals surface area contributed by atoms with E-state index in [0.717, 1.165) is 38.9 Å². The molecular formula is C20H15F3N4OS. The summed E-state index contributed by atoms with van der Waals surface area (Å²) in [6.07, 6.45) is 1.86. The molecule has 9 heteroatoms. The van der Waals surface area contributed by atoms with E-state index in [1.807, 2.05) is 17.5 Å². The quantitative estimate of drug-likeness (QED) is 0.486. The molecule has 2 aromatic carbocycles. The summed E-state index contributed by atoms with van der Waals surface area (Å²) in [5, 5.41) is 5.14. The Bertz CT molecular complexity index is 1200. The standard InChI is InChI=1S/C20H15F3N4OS/c1-11-18(9-24-19(28)25-14-6-7-15(22)16(23)8-14)29-20-26-17(10-27(11)20)12-2-4-13(21)5-3-12/h2-8,10H,9H2,1H3,(H2,24,25,28). The van der Waals surface area contributed by atoms with Crippen molar-refractivity contribution in [3.63, 3.8) is 0 Å². The third kappa shape index (κ3) is 3.95. The highest BCUT2D eigenvalue weighted by Gasteiger charge is 2.14. The summed E-state index contributed by atoms with van der Waals surface area (Å²) in [5.74, 6) is -2.32. The minimum absolute atomic E-state index is 0.156. The zero-order valence-corrected chi connectivity index (χ0v) is 16.0.